The molecule has 3 rings (SSSR count). The standard InChI is InChI=1S/C17H17N3O2S2/c1-12(2)20(13-7-4-3-5-8-13)15(21)11-24-17-19-18-16(22-17)14-9-6-10-23-14/h3-10,12H,11H2,1-2H3. The monoisotopic (exact) mass is 359 g/mol. The Morgan fingerprint density at radius 3 is 2.67 bits per heavy atom. The molecule has 5 nitrogen and oxygen atoms in total. The molecule has 0 atom stereocenters. The van der Waals surface area contributed by atoms with Crippen LogP contribution in [0.4, 0.5) is 5.69 Å². The van der Waals surface area contributed by atoms with Crippen LogP contribution >= 0.6 is 23.1 Å². The summed E-state index contributed by atoms with van der Waals surface area (Å²) in [6.45, 7) is 3.99. The lowest BCUT2D eigenvalue weighted by Crippen LogP contribution is -2.38. The average molecular weight is 359 g/mol. The molecule has 124 valence electrons. The lowest BCUT2D eigenvalue weighted by molar-refractivity contribution is -0.116. The van der Waals surface area contributed by atoms with Crippen LogP contribution in [0.1, 0.15) is 13.8 Å². The second kappa shape index (κ2) is 7.63. The molecule has 0 aliphatic carbocycles. The van der Waals surface area contributed by atoms with E-state index in [1.807, 2.05) is 61.7 Å². The Balaban J connectivity index is 1.66. The van der Waals surface area contributed by atoms with E-state index in [2.05, 4.69) is 10.2 Å². The summed E-state index contributed by atoms with van der Waals surface area (Å²) >= 11 is 2.80. The molecule has 1 amide bonds. The number of nitrogens with zero attached hydrogens (tertiary/aromatic N) is 3. The molecule has 0 aliphatic heterocycles. The maximum absolute atomic E-state index is 12.6. The highest BCUT2D eigenvalue weighted by atomic mass is 32.2. The number of benzene rings is 1. The third kappa shape index (κ3) is 3.85. The van der Waals surface area contributed by atoms with Gasteiger partial charge in [0.1, 0.15) is 0 Å². The molecule has 2 heterocycles. The van der Waals surface area contributed by atoms with Gasteiger partial charge in [0.2, 0.25) is 5.91 Å². The Morgan fingerprint density at radius 1 is 1.21 bits per heavy atom. The van der Waals surface area contributed by atoms with E-state index in [9.17, 15) is 4.79 Å². The maximum atomic E-state index is 12.6. The van der Waals surface area contributed by atoms with Crippen LogP contribution < -0.4 is 4.90 Å². The van der Waals surface area contributed by atoms with E-state index >= 15 is 0 Å². The van der Waals surface area contributed by atoms with Crippen molar-refractivity contribution in [3.05, 3.63) is 47.8 Å². The number of hydrogen-bond acceptors (Lipinski definition) is 6. The van der Waals surface area contributed by atoms with Gasteiger partial charge in [-0.2, -0.15) is 0 Å². The van der Waals surface area contributed by atoms with Crippen molar-refractivity contribution < 1.29 is 9.21 Å². The van der Waals surface area contributed by atoms with Gasteiger partial charge in [0.15, 0.2) is 0 Å². The zero-order valence-corrected chi connectivity index (χ0v) is 15.0. The number of carbonyl (C=O) groups is 1. The number of anilines is 1. The number of rotatable bonds is 6. The molecule has 3 aromatic rings. The summed E-state index contributed by atoms with van der Waals surface area (Å²) in [5.74, 6) is 0.750. The van der Waals surface area contributed by atoms with Crippen LogP contribution in [0.5, 0.6) is 0 Å². The summed E-state index contributed by atoms with van der Waals surface area (Å²) in [4.78, 5) is 15.3. The number of thioether (sulfide) groups is 1. The largest absolute Gasteiger partial charge is 0.410 e. The Hall–Kier alpha value is -2.12. The summed E-state index contributed by atoms with van der Waals surface area (Å²) in [5, 5.41) is 10.4. The number of amides is 1. The number of thiophene rings is 1. The van der Waals surface area contributed by atoms with Gasteiger partial charge in [0, 0.05) is 11.7 Å². The first-order chi connectivity index (χ1) is 11.6. The van der Waals surface area contributed by atoms with Gasteiger partial charge in [-0.05, 0) is 37.4 Å². The van der Waals surface area contributed by atoms with Gasteiger partial charge in [-0.25, -0.2) is 0 Å². The maximum Gasteiger partial charge on any atom is 0.277 e. The Morgan fingerprint density at radius 2 is 2.00 bits per heavy atom. The highest BCUT2D eigenvalue weighted by Gasteiger charge is 2.20. The first-order valence-corrected chi connectivity index (χ1v) is 9.39. The lowest BCUT2D eigenvalue weighted by Gasteiger charge is -2.26. The van der Waals surface area contributed by atoms with Crippen molar-refractivity contribution in [1.29, 1.82) is 0 Å². The van der Waals surface area contributed by atoms with E-state index in [1.165, 1.54) is 23.1 Å². The third-order valence-corrected chi connectivity index (χ3v) is 4.94. The van der Waals surface area contributed by atoms with Crippen molar-refractivity contribution in [1.82, 2.24) is 10.2 Å². The molecule has 2 aromatic heterocycles. The zero-order chi connectivity index (χ0) is 16.9. The molecule has 0 N–H and O–H groups in total. The highest BCUT2D eigenvalue weighted by Crippen LogP contribution is 2.27. The summed E-state index contributed by atoms with van der Waals surface area (Å²) in [5.41, 5.74) is 0.892. The topological polar surface area (TPSA) is 59.2 Å². The van der Waals surface area contributed by atoms with E-state index in [1.54, 1.807) is 4.90 Å². The van der Waals surface area contributed by atoms with Gasteiger partial charge in [-0.3, -0.25) is 4.79 Å². The Kier molecular flexibility index (Phi) is 5.32. The molecular weight excluding hydrogens is 342 g/mol. The van der Waals surface area contributed by atoms with Crippen molar-refractivity contribution in [2.75, 3.05) is 10.7 Å². The van der Waals surface area contributed by atoms with E-state index in [4.69, 9.17) is 4.42 Å². The third-order valence-electron chi connectivity index (χ3n) is 3.28. The second-order valence-electron chi connectivity index (χ2n) is 5.33. The smallest absolute Gasteiger partial charge is 0.277 e. The van der Waals surface area contributed by atoms with E-state index in [0.717, 1.165) is 10.6 Å². The van der Waals surface area contributed by atoms with Crippen molar-refractivity contribution in [3.8, 4) is 10.8 Å². The van der Waals surface area contributed by atoms with Crippen molar-refractivity contribution in [3.63, 3.8) is 0 Å². The predicted molar refractivity (Wildman–Crippen MR) is 97.4 cm³/mol. The fraction of sp³-hybridized carbons (Fsp3) is 0.235. The minimum Gasteiger partial charge on any atom is -0.410 e. The molecule has 0 saturated heterocycles. The van der Waals surface area contributed by atoms with Crippen LogP contribution in [0, 0.1) is 0 Å². The zero-order valence-electron chi connectivity index (χ0n) is 13.4. The molecule has 0 unspecified atom stereocenters. The molecule has 0 fully saturated rings. The van der Waals surface area contributed by atoms with Gasteiger partial charge in [-0.1, -0.05) is 36.0 Å². The van der Waals surface area contributed by atoms with Crippen LogP contribution in [0.2, 0.25) is 0 Å². The minimum absolute atomic E-state index is 0.0112. The number of aromatic nitrogens is 2. The SMILES string of the molecule is CC(C)N(C(=O)CSc1nnc(-c2cccs2)o1)c1ccccc1. The fourth-order valence-corrected chi connectivity index (χ4v) is 3.55. The molecule has 7 heteroatoms. The Bertz CT molecular complexity index is 785. The molecule has 0 bridgehead atoms. The normalized spacial score (nSPS) is 11.0. The van der Waals surface area contributed by atoms with Gasteiger partial charge in [0.25, 0.3) is 11.1 Å². The minimum atomic E-state index is 0.0112. The van der Waals surface area contributed by atoms with E-state index < -0.39 is 0 Å². The van der Waals surface area contributed by atoms with Gasteiger partial charge < -0.3 is 9.32 Å². The predicted octanol–water partition coefficient (Wildman–Crippen LogP) is 4.33. The molecule has 24 heavy (non-hydrogen) atoms. The first-order valence-electron chi connectivity index (χ1n) is 7.52. The van der Waals surface area contributed by atoms with E-state index in [0.29, 0.717) is 11.1 Å². The van der Waals surface area contributed by atoms with Crippen LogP contribution in [0.3, 0.4) is 0 Å². The number of para-hydroxylation sites is 1. The fourth-order valence-electron chi connectivity index (χ4n) is 2.28. The summed E-state index contributed by atoms with van der Waals surface area (Å²) in [7, 11) is 0. The Labute approximate surface area is 148 Å². The highest BCUT2D eigenvalue weighted by molar-refractivity contribution is 7.99. The van der Waals surface area contributed by atoms with E-state index in [-0.39, 0.29) is 17.7 Å². The lowest BCUT2D eigenvalue weighted by atomic mass is 10.2. The molecule has 0 saturated carbocycles. The van der Waals surface area contributed by atoms with Crippen molar-refractivity contribution >= 4 is 34.7 Å². The molecule has 0 radical (unpaired) electrons. The van der Waals surface area contributed by atoms with Crippen molar-refractivity contribution in [2.24, 2.45) is 0 Å². The number of carbonyl (C=O) groups excluding carboxylic acids is 1. The quantitative estimate of drug-likeness (QED) is 0.613. The van der Waals surface area contributed by atoms with Gasteiger partial charge >= 0.3 is 0 Å². The first kappa shape index (κ1) is 16.7. The molecule has 0 aliphatic rings. The van der Waals surface area contributed by atoms with Gasteiger partial charge in [0.05, 0.1) is 10.6 Å². The van der Waals surface area contributed by atoms with Crippen LogP contribution in [-0.4, -0.2) is 27.9 Å². The molecule has 0 spiro atoms. The molecule has 1 aromatic carbocycles. The van der Waals surface area contributed by atoms with Gasteiger partial charge in [-0.15, -0.1) is 21.5 Å². The summed E-state index contributed by atoms with van der Waals surface area (Å²) < 4.78 is 5.60. The second-order valence-corrected chi connectivity index (χ2v) is 7.21. The van der Waals surface area contributed by atoms with Crippen LogP contribution in [0.25, 0.3) is 10.8 Å². The summed E-state index contributed by atoms with van der Waals surface area (Å²) in [6.07, 6.45) is 0. The average Bonchev–Trinajstić information content (AvgIpc) is 3.25. The summed E-state index contributed by atoms with van der Waals surface area (Å²) in [6, 6.07) is 13.6. The molecular formula is C17H17N3O2S2. The number of hydrogen-bond donors (Lipinski definition) is 0. The van der Waals surface area contributed by atoms with Crippen LogP contribution in [-0.2, 0) is 4.79 Å². The van der Waals surface area contributed by atoms with Crippen LogP contribution in [0.15, 0.2) is 57.5 Å². The van der Waals surface area contributed by atoms with Crippen molar-refractivity contribution in [2.45, 2.75) is 25.1 Å².